The molecule has 4 rings (SSSR count). The standard InChI is InChI=1S/C25H34N4O3/c1-19-9-11-27(12-10-19)18-22-6-4-21(5-7-22)17-26-25(31)29-15-13-28(14-16-29)24(30)23-8-3-20(2)32-23/h3-8,19H,9-18H2,1-2H3,(H,26,31). The minimum absolute atomic E-state index is 0.0857. The molecular formula is C25H34N4O3. The fraction of sp³-hybridized carbons (Fsp3) is 0.520. The largest absolute Gasteiger partial charge is 0.456 e. The van der Waals surface area contributed by atoms with Gasteiger partial charge in [0.05, 0.1) is 0 Å². The molecule has 2 aromatic rings. The van der Waals surface area contributed by atoms with Crippen LogP contribution in [0.4, 0.5) is 4.79 Å². The number of likely N-dealkylation sites (tertiary alicyclic amines) is 1. The molecule has 7 nitrogen and oxygen atoms in total. The van der Waals surface area contributed by atoms with E-state index in [0.717, 1.165) is 23.8 Å². The van der Waals surface area contributed by atoms with Gasteiger partial charge in [-0.3, -0.25) is 9.69 Å². The minimum atomic E-state index is -0.114. The van der Waals surface area contributed by atoms with Crippen LogP contribution in [-0.2, 0) is 13.1 Å². The first-order valence-corrected chi connectivity index (χ1v) is 11.7. The first-order valence-electron chi connectivity index (χ1n) is 11.7. The van der Waals surface area contributed by atoms with Crippen molar-refractivity contribution in [1.29, 1.82) is 0 Å². The quantitative estimate of drug-likeness (QED) is 0.776. The summed E-state index contributed by atoms with van der Waals surface area (Å²) in [6, 6.07) is 11.9. The number of amides is 3. The van der Waals surface area contributed by atoms with E-state index >= 15 is 0 Å². The monoisotopic (exact) mass is 438 g/mol. The molecule has 2 saturated heterocycles. The number of aryl methyl sites for hydroxylation is 1. The van der Waals surface area contributed by atoms with Gasteiger partial charge in [0.15, 0.2) is 5.76 Å². The third-order valence-corrected chi connectivity index (χ3v) is 6.55. The highest BCUT2D eigenvalue weighted by Gasteiger charge is 2.26. The van der Waals surface area contributed by atoms with E-state index in [2.05, 4.69) is 41.4 Å². The number of carbonyl (C=O) groups excluding carboxylic acids is 2. The highest BCUT2D eigenvalue weighted by Crippen LogP contribution is 2.18. The first kappa shape index (κ1) is 22.4. The maximum absolute atomic E-state index is 12.6. The zero-order valence-corrected chi connectivity index (χ0v) is 19.2. The molecule has 0 unspecified atom stereocenters. The van der Waals surface area contributed by atoms with E-state index in [1.807, 2.05) is 6.92 Å². The number of benzene rings is 1. The predicted molar refractivity (Wildman–Crippen MR) is 123 cm³/mol. The first-order chi connectivity index (χ1) is 15.5. The van der Waals surface area contributed by atoms with Crippen molar-refractivity contribution in [2.75, 3.05) is 39.3 Å². The topological polar surface area (TPSA) is 69.0 Å². The van der Waals surface area contributed by atoms with Crippen LogP contribution in [0.2, 0.25) is 0 Å². The van der Waals surface area contributed by atoms with Crippen LogP contribution in [0.25, 0.3) is 0 Å². The van der Waals surface area contributed by atoms with Crippen LogP contribution in [0, 0.1) is 12.8 Å². The van der Waals surface area contributed by atoms with Crippen molar-refractivity contribution in [2.45, 2.75) is 39.8 Å². The molecule has 0 spiro atoms. The summed E-state index contributed by atoms with van der Waals surface area (Å²) in [6.07, 6.45) is 2.57. The fourth-order valence-corrected chi connectivity index (χ4v) is 4.35. The minimum Gasteiger partial charge on any atom is -0.456 e. The molecule has 1 N–H and O–H groups in total. The molecule has 2 aliphatic rings. The summed E-state index contributed by atoms with van der Waals surface area (Å²) >= 11 is 0. The van der Waals surface area contributed by atoms with Gasteiger partial charge in [0.2, 0.25) is 0 Å². The molecule has 172 valence electrons. The van der Waals surface area contributed by atoms with E-state index in [4.69, 9.17) is 4.42 Å². The van der Waals surface area contributed by atoms with Crippen molar-refractivity contribution in [1.82, 2.24) is 20.0 Å². The lowest BCUT2D eigenvalue weighted by molar-refractivity contribution is 0.0632. The van der Waals surface area contributed by atoms with Gasteiger partial charge >= 0.3 is 6.03 Å². The summed E-state index contributed by atoms with van der Waals surface area (Å²) in [4.78, 5) is 31.1. The van der Waals surface area contributed by atoms with Crippen LogP contribution in [0.1, 0.15) is 47.2 Å². The number of furan rings is 1. The molecule has 0 radical (unpaired) electrons. The van der Waals surface area contributed by atoms with Crippen LogP contribution in [0.3, 0.4) is 0 Å². The summed E-state index contributed by atoms with van der Waals surface area (Å²) in [7, 11) is 0. The second kappa shape index (κ2) is 10.2. The summed E-state index contributed by atoms with van der Waals surface area (Å²) in [5, 5.41) is 3.01. The SMILES string of the molecule is Cc1ccc(C(=O)N2CCN(C(=O)NCc3ccc(CN4CCC(C)CC4)cc3)CC2)o1. The lowest BCUT2D eigenvalue weighted by atomic mass is 9.99. The Morgan fingerprint density at radius 2 is 1.53 bits per heavy atom. The molecule has 1 aromatic heterocycles. The second-order valence-corrected chi connectivity index (χ2v) is 9.12. The molecule has 0 aliphatic carbocycles. The molecule has 0 atom stereocenters. The molecular weight excluding hydrogens is 404 g/mol. The molecule has 3 amide bonds. The Balaban J connectivity index is 1.19. The molecule has 7 heteroatoms. The van der Waals surface area contributed by atoms with Crippen molar-refractivity contribution in [2.24, 2.45) is 5.92 Å². The van der Waals surface area contributed by atoms with Gasteiger partial charge in [-0.2, -0.15) is 0 Å². The number of carbonyl (C=O) groups is 2. The van der Waals surface area contributed by atoms with Gasteiger partial charge in [-0.15, -0.1) is 0 Å². The van der Waals surface area contributed by atoms with Gasteiger partial charge in [-0.1, -0.05) is 31.2 Å². The van der Waals surface area contributed by atoms with Gasteiger partial charge in [-0.05, 0) is 62.0 Å². The van der Waals surface area contributed by atoms with Gasteiger partial charge in [-0.25, -0.2) is 4.79 Å². The molecule has 2 aliphatic heterocycles. The molecule has 1 aromatic carbocycles. The zero-order chi connectivity index (χ0) is 22.5. The lowest BCUT2D eigenvalue weighted by Crippen LogP contribution is -2.53. The molecule has 0 bridgehead atoms. The van der Waals surface area contributed by atoms with Crippen molar-refractivity contribution < 1.29 is 14.0 Å². The third kappa shape index (κ3) is 5.71. The zero-order valence-electron chi connectivity index (χ0n) is 19.2. The number of piperazine rings is 1. The van der Waals surface area contributed by atoms with Crippen molar-refractivity contribution in [3.8, 4) is 0 Å². The Bertz CT molecular complexity index is 908. The van der Waals surface area contributed by atoms with E-state index in [9.17, 15) is 9.59 Å². The summed E-state index contributed by atoms with van der Waals surface area (Å²) < 4.78 is 5.43. The van der Waals surface area contributed by atoms with E-state index in [-0.39, 0.29) is 11.9 Å². The smallest absolute Gasteiger partial charge is 0.317 e. The highest BCUT2D eigenvalue weighted by molar-refractivity contribution is 5.91. The van der Waals surface area contributed by atoms with Crippen LogP contribution >= 0.6 is 0 Å². The maximum atomic E-state index is 12.6. The van der Waals surface area contributed by atoms with Gasteiger partial charge < -0.3 is 19.5 Å². The fourth-order valence-electron chi connectivity index (χ4n) is 4.35. The summed E-state index contributed by atoms with van der Waals surface area (Å²) in [6.45, 7) is 10.1. The van der Waals surface area contributed by atoms with Crippen molar-refractivity contribution >= 4 is 11.9 Å². The molecule has 3 heterocycles. The Labute approximate surface area is 190 Å². The number of hydrogen-bond donors (Lipinski definition) is 1. The van der Waals surface area contributed by atoms with Crippen molar-refractivity contribution in [3.63, 3.8) is 0 Å². The Hall–Kier alpha value is -2.80. The summed E-state index contributed by atoms with van der Waals surface area (Å²) in [5.74, 6) is 1.82. The number of rotatable bonds is 5. The number of piperidine rings is 1. The molecule has 32 heavy (non-hydrogen) atoms. The number of nitrogens with one attached hydrogen (secondary N) is 1. The van der Waals surface area contributed by atoms with Gasteiger partial charge in [0, 0.05) is 39.3 Å². The summed E-state index contributed by atoms with van der Waals surface area (Å²) in [5.41, 5.74) is 2.42. The lowest BCUT2D eigenvalue weighted by Gasteiger charge is -2.34. The normalized spacial score (nSPS) is 18.1. The van der Waals surface area contributed by atoms with Gasteiger partial charge in [0.25, 0.3) is 5.91 Å². The third-order valence-electron chi connectivity index (χ3n) is 6.55. The highest BCUT2D eigenvalue weighted by atomic mass is 16.3. The van der Waals surface area contributed by atoms with Crippen molar-refractivity contribution in [3.05, 3.63) is 59.0 Å². The van der Waals surface area contributed by atoms with E-state index < -0.39 is 0 Å². The second-order valence-electron chi connectivity index (χ2n) is 9.12. The average Bonchev–Trinajstić information content (AvgIpc) is 3.26. The Kier molecular flexibility index (Phi) is 7.15. The van der Waals surface area contributed by atoms with Crippen LogP contribution in [0.15, 0.2) is 40.8 Å². The Morgan fingerprint density at radius 3 is 2.16 bits per heavy atom. The maximum Gasteiger partial charge on any atom is 0.317 e. The van der Waals surface area contributed by atoms with Crippen LogP contribution in [-0.4, -0.2) is 65.9 Å². The van der Waals surface area contributed by atoms with E-state index in [1.165, 1.54) is 31.5 Å². The average molecular weight is 439 g/mol. The van der Waals surface area contributed by atoms with E-state index in [1.54, 1.807) is 21.9 Å². The van der Waals surface area contributed by atoms with Gasteiger partial charge in [0.1, 0.15) is 5.76 Å². The number of nitrogens with zero attached hydrogens (tertiary/aromatic N) is 3. The predicted octanol–water partition coefficient (Wildman–Crippen LogP) is 3.49. The molecule has 2 fully saturated rings. The molecule has 0 saturated carbocycles. The van der Waals surface area contributed by atoms with Crippen LogP contribution < -0.4 is 5.32 Å². The van der Waals surface area contributed by atoms with Crippen LogP contribution in [0.5, 0.6) is 0 Å². The number of urea groups is 1. The Morgan fingerprint density at radius 1 is 0.906 bits per heavy atom. The van der Waals surface area contributed by atoms with E-state index in [0.29, 0.717) is 38.5 Å². The number of hydrogen-bond acceptors (Lipinski definition) is 4.